The second-order valence-electron chi connectivity index (χ2n) is 5.37. The normalized spacial score (nSPS) is 15.6. The van der Waals surface area contributed by atoms with Crippen molar-refractivity contribution >= 4 is 36.4 Å². The molecule has 0 atom stereocenters. The highest BCUT2D eigenvalue weighted by Crippen LogP contribution is 2.37. The zero-order valence-electron chi connectivity index (χ0n) is 13.2. The second kappa shape index (κ2) is 9.63. The van der Waals surface area contributed by atoms with E-state index in [0.29, 0.717) is 38.3 Å². The molecule has 1 aromatic carbocycles. The maximum Gasteiger partial charge on any atom is 0.416 e. The molecule has 0 radical (unpaired) electrons. The highest BCUT2D eigenvalue weighted by atomic mass is 35.5. The highest BCUT2D eigenvalue weighted by Gasteiger charge is 2.37. The van der Waals surface area contributed by atoms with E-state index in [-0.39, 0.29) is 37.4 Å². The summed E-state index contributed by atoms with van der Waals surface area (Å²) >= 11 is 0. The minimum Gasteiger partial charge on any atom is -0.325 e. The van der Waals surface area contributed by atoms with Crippen molar-refractivity contribution in [1.29, 1.82) is 0 Å². The van der Waals surface area contributed by atoms with Crippen molar-refractivity contribution < 1.29 is 31.1 Å². The summed E-state index contributed by atoms with van der Waals surface area (Å²) in [6, 6.07) is 1.00. The number of carbonyl (C=O) groups is 1. The quantitative estimate of drug-likeness (QED) is 0.726. The lowest BCUT2D eigenvalue weighted by Gasteiger charge is -2.26. The third kappa shape index (κ3) is 7.18. The van der Waals surface area contributed by atoms with Crippen LogP contribution >= 0.6 is 24.8 Å². The van der Waals surface area contributed by atoms with Crippen LogP contribution in [0.2, 0.25) is 0 Å². The Morgan fingerprint density at radius 3 is 1.85 bits per heavy atom. The van der Waals surface area contributed by atoms with Crippen molar-refractivity contribution in [3.63, 3.8) is 0 Å². The van der Waals surface area contributed by atoms with E-state index in [2.05, 4.69) is 10.6 Å². The van der Waals surface area contributed by atoms with Crippen LogP contribution in [0.25, 0.3) is 0 Å². The van der Waals surface area contributed by atoms with E-state index in [9.17, 15) is 31.1 Å². The average molecular weight is 428 g/mol. The molecule has 150 valence electrons. The van der Waals surface area contributed by atoms with Gasteiger partial charge in [-0.1, -0.05) is 0 Å². The number of hydrogen-bond acceptors (Lipinski definition) is 3. The number of anilines is 1. The maximum atomic E-state index is 12.8. The van der Waals surface area contributed by atoms with Gasteiger partial charge in [0.1, 0.15) is 0 Å². The smallest absolute Gasteiger partial charge is 0.325 e. The number of alkyl halides is 6. The lowest BCUT2D eigenvalue weighted by Crippen LogP contribution is -2.46. The van der Waals surface area contributed by atoms with E-state index >= 15 is 0 Å². The molecule has 2 rings (SSSR count). The van der Waals surface area contributed by atoms with Crippen LogP contribution in [0.4, 0.5) is 32.0 Å². The molecule has 4 nitrogen and oxygen atoms in total. The Labute approximate surface area is 158 Å². The standard InChI is InChI=1S/C14H15F6N3O.2ClH/c15-13(16,17)9-5-10(14(18,19)20)7-11(6-9)22-12(24)8-23-3-1-21-2-4-23;;/h5-7,21H,1-4,8H2,(H,22,24);2*1H. The number of benzene rings is 1. The van der Waals surface area contributed by atoms with Gasteiger partial charge in [0.15, 0.2) is 0 Å². The third-order valence-corrected chi connectivity index (χ3v) is 3.45. The molecular weight excluding hydrogens is 411 g/mol. The van der Waals surface area contributed by atoms with E-state index in [0.717, 1.165) is 0 Å². The molecule has 0 aliphatic carbocycles. The summed E-state index contributed by atoms with van der Waals surface area (Å²) in [4.78, 5) is 13.6. The fraction of sp³-hybridized carbons (Fsp3) is 0.500. The second-order valence-corrected chi connectivity index (χ2v) is 5.37. The summed E-state index contributed by atoms with van der Waals surface area (Å²) in [5, 5.41) is 5.18. The van der Waals surface area contributed by atoms with Gasteiger partial charge in [-0.05, 0) is 18.2 Å². The van der Waals surface area contributed by atoms with E-state index in [1.807, 2.05) is 0 Å². The van der Waals surface area contributed by atoms with Crippen molar-refractivity contribution in [3.8, 4) is 0 Å². The number of halogens is 8. The van der Waals surface area contributed by atoms with Gasteiger partial charge in [-0.15, -0.1) is 24.8 Å². The third-order valence-electron chi connectivity index (χ3n) is 3.45. The summed E-state index contributed by atoms with van der Waals surface area (Å²) in [5.41, 5.74) is -3.46. The molecule has 1 aliphatic heterocycles. The van der Waals surface area contributed by atoms with E-state index < -0.39 is 35.1 Å². The molecular formula is C14H17Cl2F6N3O. The molecule has 0 unspecified atom stereocenters. The first-order valence-corrected chi connectivity index (χ1v) is 7.08. The Hall–Kier alpha value is -1.23. The van der Waals surface area contributed by atoms with Crippen LogP contribution in [0, 0.1) is 0 Å². The van der Waals surface area contributed by atoms with Crippen molar-refractivity contribution in [2.45, 2.75) is 12.4 Å². The van der Waals surface area contributed by atoms with Gasteiger partial charge in [0.25, 0.3) is 0 Å². The van der Waals surface area contributed by atoms with Gasteiger partial charge in [0, 0.05) is 31.9 Å². The van der Waals surface area contributed by atoms with Gasteiger partial charge in [-0.25, -0.2) is 0 Å². The number of rotatable bonds is 3. The summed E-state index contributed by atoms with van der Waals surface area (Å²) in [6.07, 6.45) is -9.89. The van der Waals surface area contributed by atoms with Gasteiger partial charge in [-0.3, -0.25) is 9.69 Å². The first-order valence-electron chi connectivity index (χ1n) is 7.08. The average Bonchev–Trinajstić information content (AvgIpc) is 2.46. The van der Waals surface area contributed by atoms with Crippen LogP contribution < -0.4 is 10.6 Å². The number of carbonyl (C=O) groups excluding carboxylic acids is 1. The Morgan fingerprint density at radius 2 is 1.42 bits per heavy atom. The van der Waals surface area contributed by atoms with Crippen LogP contribution in [0.1, 0.15) is 11.1 Å². The number of nitrogens with zero attached hydrogens (tertiary/aromatic N) is 1. The Bertz CT molecular complexity index is 571. The first-order chi connectivity index (χ1) is 11.1. The summed E-state index contributed by atoms with van der Waals surface area (Å²) in [5.74, 6) is -0.663. The fourth-order valence-corrected chi connectivity index (χ4v) is 2.30. The minimum atomic E-state index is -4.95. The van der Waals surface area contributed by atoms with Crippen molar-refractivity contribution in [2.75, 3.05) is 38.0 Å². The maximum absolute atomic E-state index is 12.8. The van der Waals surface area contributed by atoms with Gasteiger partial charge in [0.05, 0.1) is 17.7 Å². The molecule has 12 heteroatoms. The number of piperazine rings is 1. The number of amides is 1. The lowest BCUT2D eigenvalue weighted by atomic mass is 10.1. The number of nitrogens with one attached hydrogen (secondary N) is 2. The van der Waals surface area contributed by atoms with Crippen molar-refractivity contribution in [1.82, 2.24) is 10.2 Å². The molecule has 0 aromatic heterocycles. The molecule has 0 saturated carbocycles. The highest BCUT2D eigenvalue weighted by molar-refractivity contribution is 5.92. The molecule has 0 spiro atoms. The summed E-state index contributed by atoms with van der Waals surface area (Å²) in [7, 11) is 0. The molecule has 1 amide bonds. The van der Waals surface area contributed by atoms with E-state index in [1.54, 1.807) is 4.90 Å². The predicted octanol–water partition coefficient (Wildman–Crippen LogP) is 3.41. The summed E-state index contributed by atoms with van der Waals surface area (Å²) in [6.45, 7) is 2.37. The monoisotopic (exact) mass is 427 g/mol. The molecule has 1 fully saturated rings. The largest absolute Gasteiger partial charge is 0.416 e. The molecule has 26 heavy (non-hydrogen) atoms. The van der Waals surface area contributed by atoms with Gasteiger partial charge >= 0.3 is 12.4 Å². The van der Waals surface area contributed by atoms with Gasteiger partial charge < -0.3 is 10.6 Å². The Kier molecular flexibility index (Phi) is 9.18. The molecule has 2 N–H and O–H groups in total. The van der Waals surface area contributed by atoms with E-state index in [4.69, 9.17) is 0 Å². The molecule has 1 aromatic rings. The number of hydrogen-bond donors (Lipinski definition) is 2. The first kappa shape index (κ1) is 24.8. The lowest BCUT2D eigenvalue weighted by molar-refractivity contribution is -0.143. The van der Waals surface area contributed by atoms with Crippen LogP contribution in [-0.2, 0) is 17.1 Å². The van der Waals surface area contributed by atoms with Crippen molar-refractivity contribution in [2.24, 2.45) is 0 Å². The molecule has 1 aliphatic rings. The predicted molar refractivity (Wildman–Crippen MR) is 88.9 cm³/mol. The Balaban J connectivity index is 0.00000312. The van der Waals surface area contributed by atoms with Crippen molar-refractivity contribution in [3.05, 3.63) is 29.3 Å². The van der Waals surface area contributed by atoms with E-state index in [1.165, 1.54) is 0 Å². The summed E-state index contributed by atoms with van der Waals surface area (Å²) < 4.78 is 76.5. The van der Waals surface area contributed by atoms with Crippen LogP contribution in [0.5, 0.6) is 0 Å². The SMILES string of the molecule is Cl.Cl.O=C(CN1CCNCC1)Nc1cc(C(F)(F)F)cc(C(F)(F)F)c1. The fourth-order valence-electron chi connectivity index (χ4n) is 2.30. The molecule has 0 bridgehead atoms. The zero-order valence-corrected chi connectivity index (χ0v) is 14.8. The van der Waals surface area contributed by atoms with Crippen LogP contribution in [0.15, 0.2) is 18.2 Å². The van der Waals surface area contributed by atoms with Crippen LogP contribution in [0.3, 0.4) is 0 Å². The molecule has 1 saturated heterocycles. The topological polar surface area (TPSA) is 44.4 Å². The van der Waals surface area contributed by atoms with Gasteiger partial charge in [-0.2, -0.15) is 26.3 Å². The zero-order chi connectivity index (χ0) is 18.0. The van der Waals surface area contributed by atoms with Crippen LogP contribution in [-0.4, -0.2) is 43.5 Å². The Morgan fingerprint density at radius 1 is 0.962 bits per heavy atom. The minimum absolute atomic E-state index is 0. The van der Waals surface area contributed by atoms with Gasteiger partial charge in [0.2, 0.25) is 5.91 Å². The molecule has 1 heterocycles.